The largest absolute Gasteiger partial charge is 0.302 e. The van der Waals surface area contributed by atoms with E-state index < -0.39 is 0 Å². The molecular weight excluding hydrogens is 254 g/mol. The maximum atomic E-state index is 4.42. The number of aromatic nitrogens is 2. The Morgan fingerprint density at radius 3 is 3.21 bits per heavy atom. The number of hydrogen-bond acceptors (Lipinski definition) is 3. The van der Waals surface area contributed by atoms with Crippen LogP contribution in [-0.4, -0.2) is 9.78 Å². The Bertz CT molecular complexity index is 530. The van der Waals surface area contributed by atoms with Crippen molar-refractivity contribution in [3.8, 4) is 0 Å². The van der Waals surface area contributed by atoms with Crippen molar-refractivity contribution in [2.45, 2.75) is 44.7 Å². The maximum absolute atomic E-state index is 4.42. The molecule has 3 nitrogen and oxygen atoms in total. The fourth-order valence-electron chi connectivity index (χ4n) is 3.01. The molecule has 3 rings (SSSR count). The summed E-state index contributed by atoms with van der Waals surface area (Å²) in [5, 5.41) is 10.4. The minimum absolute atomic E-state index is 0.462. The van der Waals surface area contributed by atoms with Gasteiger partial charge in [0.1, 0.15) is 0 Å². The molecule has 2 aromatic heterocycles. The van der Waals surface area contributed by atoms with Crippen molar-refractivity contribution in [3.63, 3.8) is 0 Å². The molecule has 19 heavy (non-hydrogen) atoms. The van der Waals surface area contributed by atoms with Gasteiger partial charge in [-0.15, -0.1) is 11.3 Å². The van der Waals surface area contributed by atoms with E-state index in [2.05, 4.69) is 41.9 Å². The minimum atomic E-state index is 0.462. The van der Waals surface area contributed by atoms with Crippen LogP contribution < -0.4 is 5.32 Å². The number of aryl methyl sites for hydroxylation is 1. The van der Waals surface area contributed by atoms with Gasteiger partial charge >= 0.3 is 0 Å². The van der Waals surface area contributed by atoms with Crippen molar-refractivity contribution in [1.29, 1.82) is 0 Å². The quantitative estimate of drug-likeness (QED) is 0.924. The van der Waals surface area contributed by atoms with Crippen LogP contribution in [0.5, 0.6) is 0 Å². The van der Waals surface area contributed by atoms with E-state index in [0.717, 1.165) is 6.42 Å². The SMILES string of the molecule is CCC(NC1CCCc2c1cnn2C)c1cccs1. The van der Waals surface area contributed by atoms with Crippen LogP contribution in [0.1, 0.15) is 54.4 Å². The van der Waals surface area contributed by atoms with Gasteiger partial charge in [-0.3, -0.25) is 4.68 Å². The van der Waals surface area contributed by atoms with E-state index >= 15 is 0 Å². The summed E-state index contributed by atoms with van der Waals surface area (Å²) in [6.45, 7) is 2.25. The summed E-state index contributed by atoms with van der Waals surface area (Å²) in [5.41, 5.74) is 2.81. The van der Waals surface area contributed by atoms with Gasteiger partial charge in [-0.25, -0.2) is 0 Å². The zero-order valence-electron chi connectivity index (χ0n) is 11.6. The summed E-state index contributed by atoms with van der Waals surface area (Å²) in [7, 11) is 2.05. The van der Waals surface area contributed by atoms with E-state index in [9.17, 15) is 0 Å². The average Bonchev–Trinajstić information content (AvgIpc) is 3.07. The van der Waals surface area contributed by atoms with Crippen LogP contribution in [0, 0.1) is 0 Å². The highest BCUT2D eigenvalue weighted by Crippen LogP contribution is 2.33. The summed E-state index contributed by atoms with van der Waals surface area (Å²) in [5.74, 6) is 0. The molecule has 0 bridgehead atoms. The number of rotatable bonds is 4. The molecule has 0 aliphatic heterocycles. The Hall–Kier alpha value is -1.13. The summed E-state index contributed by atoms with van der Waals surface area (Å²) in [6, 6.07) is 5.31. The van der Waals surface area contributed by atoms with Crippen molar-refractivity contribution in [1.82, 2.24) is 15.1 Å². The van der Waals surface area contributed by atoms with Crippen molar-refractivity contribution in [2.75, 3.05) is 0 Å². The molecule has 0 aromatic carbocycles. The Morgan fingerprint density at radius 2 is 2.47 bits per heavy atom. The normalized spacial score (nSPS) is 20.2. The lowest BCUT2D eigenvalue weighted by atomic mass is 9.92. The van der Waals surface area contributed by atoms with Gasteiger partial charge in [-0.1, -0.05) is 13.0 Å². The summed E-state index contributed by atoms with van der Waals surface area (Å²) >= 11 is 1.85. The van der Waals surface area contributed by atoms with Crippen LogP contribution >= 0.6 is 11.3 Å². The molecule has 2 heterocycles. The van der Waals surface area contributed by atoms with Gasteiger partial charge in [-0.2, -0.15) is 5.10 Å². The van der Waals surface area contributed by atoms with Crippen LogP contribution in [0.2, 0.25) is 0 Å². The molecule has 2 unspecified atom stereocenters. The zero-order chi connectivity index (χ0) is 13.2. The molecule has 1 aliphatic rings. The molecule has 0 spiro atoms. The molecule has 4 heteroatoms. The van der Waals surface area contributed by atoms with Crippen molar-refractivity contribution < 1.29 is 0 Å². The van der Waals surface area contributed by atoms with Crippen LogP contribution in [-0.2, 0) is 13.5 Å². The monoisotopic (exact) mass is 275 g/mol. The highest BCUT2D eigenvalue weighted by atomic mass is 32.1. The lowest BCUT2D eigenvalue weighted by Gasteiger charge is -2.28. The van der Waals surface area contributed by atoms with E-state index in [-0.39, 0.29) is 0 Å². The summed E-state index contributed by atoms with van der Waals surface area (Å²) in [4.78, 5) is 1.44. The number of fused-ring (bicyclic) bond motifs is 1. The second-order valence-corrected chi connectivity index (χ2v) is 6.24. The predicted octanol–water partition coefficient (Wildman–Crippen LogP) is 3.60. The molecule has 0 fully saturated rings. The third-order valence-electron chi connectivity index (χ3n) is 4.07. The lowest BCUT2D eigenvalue weighted by Crippen LogP contribution is -2.28. The molecular formula is C15H21N3S. The number of nitrogens with zero attached hydrogens (tertiary/aromatic N) is 2. The second-order valence-electron chi connectivity index (χ2n) is 5.26. The van der Waals surface area contributed by atoms with Crippen LogP contribution in [0.15, 0.2) is 23.7 Å². The summed E-state index contributed by atoms with van der Waals surface area (Å²) < 4.78 is 2.04. The summed E-state index contributed by atoms with van der Waals surface area (Å²) in [6.07, 6.45) is 6.82. The van der Waals surface area contributed by atoms with Gasteiger partial charge < -0.3 is 5.32 Å². The smallest absolute Gasteiger partial charge is 0.0540 e. The molecule has 0 amide bonds. The number of hydrogen-bond donors (Lipinski definition) is 1. The molecule has 0 saturated carbocycles. The molecule has 0 saturated heterocycles. The highest BCUT2D eigenvalue weighted by molar-refractivity contribution is 7.10. The predicted molar refractivity (Wildman–Crippen MR) is 79.4 cm³/mol. The number of thiophene rings is 1. The van der Waals surface area contributed by atoms with Gasteiger partial charge in [0.2, 0.25) is 0 Å². The van der Waals surface area contributed by atoms with Gasteiger partial charge in [0.25, 0.3) is 0 Å². The fraction of sp³-hybridized carbons (Fsp3) is 0.533. The van der Waals surface area contributed by atoms with Gasteiger partial charge in [0.15, 0.2) is 0 Å². The third kappa shape index (κ3) is 2.47. The molecule has 1 aliphatic carbocycles. The van der Waals surface area contributed by atoms with Crippen LogP contribution in [0.4, 0.5) is 0 Å². The van der Waals surface area contributed by atoms with E-state index in [0.29, 0.717) is 12.1 Å². The van der Waals surface area contributed by atoms with E-state index in [4.69, 9.17) is 0 Å². The van der Waals surface area contributed by atoms with Crippen LogP contribution in [0.3, 0.4) is 0 Å². The molecule has 2 atom stereocenters. The highest BCUT2D eigenvalue weighted by Gasteiger charge is 2.25. The van der Waals surface area contributed by atoms with Crippen LogP contribution in [0.25, 0.3) is 0 Å². The molecule has 102 valence electrons. The average molecular weight is 275 g/mol. The topological polar surface area (TPSA) is 29.9 Å². The molecule has 1 N–H and O–H groups in total. The van der Waals surface area contributed by atoms with E-state index in [1.54, 1.807) is 0 Å². The maximum Gasteiger partial charge on any atom is 0.0540 e. The standard InChI is InChI=1S/C15H21N3S/c1-3-12(15-8-5-9-19-15)17-13-6-4-7-14-11(13)10-16-18(14)2/h5,8-10,12-13,17H,3-4,6-7H2,1-2H3. The van der Waals surface area contributed by atoms with E-state index in [1.807, 2.05) is 22.2 Å². The lowest BCUT2D eigenvalue weighted by molar-refractivity contribution is 0.393. The van der Waals surface area contributed by atoms with Crippen molar-refractivity contribution >= 4 is 11.3 Å². The van der Waals surface area contributed by atoms with Crippen molar-refractivity contribution in [2.24, 2.45) is 7.05 Å². The Labute approximate surface area is 118 Å². The fourth-order valence-corrected chi connectivity index (χ4v) is 3.88. The Kier molecular flexibility index (Phi) is 3.71. The first-order chi connectivity index (χ1) is 9.29. The minimum Gasteiger partial charge on any atom is -0.302 e. The number of nitrogens with one attached hydrogen (secondary N) is 1. The molecule has 2 aromatic rings. The van der Waals surface area contributed by atoms with Crippen molar-refractivity contribution in [3.05, 3.63) is 39.8 Å². The first kappa shape index (κ1) is 12.9. The Morgan fingerprint density at radius 1 is 1.58 bits per heavy atom. The zero-order valence-corrected chi connectivity index (χ0v) is 12.4. The Balaban J connectivity index is 1.80. The first-order valence-corrected chi connectivity index (χ1v) is 7.97. The second kappa shape index (κ2) is 5.47. The van der Waals surface area contributed by atoms with E-state index in [1.165, 1.54) is 35.4 Å². The molecule has 0 radical (unpaired) electrons. The van der Waals surface area contributed by atoms with Gasteiger partial charge in [-0.05, 0) is 37.1 Å². The third-order valence-corrected chi connectivity index (χ3v) is 5.06. The first-order valence-electron chi connectivity index (χ1n) is 7.09. The van der Waals surface area contributed by atoms with Gasteiger partial charge in [0.05, 0.1) is 6.20 Å². The van der Waals surface area contributed by atoms with Gasteiger partial charge in [0, 0.05) is 35.3 Å².